The Balaban J connectivity index is 1.64. The van der Waals surface area contributed by atoms with E-state index in [1.165, 1.54) is 0 Å². The lowest BCUT2D eigenvalue weighted by Crippen LogP contribution is -2.23. The molecule has 0 fully saturated rings. The normalized spacial score (nSPS) is 10.7. The first-order chi connectivity index (χ1) is 11.7. The molecule has 0 aliphatic rings. The van der Waals surface area contributed by atoms with Crippen LogP contribution in [-0.2, 0) is 0 Å². The van der Waals surface area contributed by atoms with Crippen LogP contribution in [0.3, 0.4) is 0 Å². The van der Waals surface area contributed by atoms with E-state index in [0.717, 1.165) is 17.1 Å². The van der Waals surface area contributed by atoms with Crippen LogP contribution < -0.4 is 10.7 Å². The molecular weight excluding hydrogens is 320 g/mol. The summed E-state index contributed by atoms with van der Waals surface area (Å²) in [7, 11) is 0. The predicted octanol–water partition coefficient (Wildman–Crippen LogP) is 3.50. The maximum atomic E-state index is 9.38. The van der Waals surface area contributed by atoms with Crippen LogP contribution in [0.15, 0.2) is 78.0 Å². The van der Waals surface area contributed by atoms with Crippen LogP contribution in [0, 0.1) is 0 Å². The molecule has 0 saturated carbocycles. The molecule has 1 aromatic heterocycles. The van der Waals surface area contributed by atoms with Gasteiger partial charge in [0.1, 0.15) is 5.75 Å². The predicted molar refractivity (Wildman–Crippen MR) is 101 cm³/mol. The number of nitrogens with zero attached hydrogens (tertiary/aromatic N) is 2. The number of aromatic hydroxyl groups is 1. The van der Waals surface area contributed by atoms with Crippen molar-refractivity contribution in [2.75, 3.05) is 5.32 Å². The van der Waals surface area contributed by atoms with Gasteiger partial charge < -0.3 is 15.0 Å². The average Bonchev–Trinajstić information content (AvgIpc) is 3.05. The number of anilines is 1. The van der Waals surface area contributed by atoms with Gasteiger partial charge in [0.05, 0.1) is 11.9 Å². The smallest absolute Gasteiger partial charge is 0.191 e. The third kappa shape index (κ3) is 3.99. The van der Waals surface area contributed by atoms with E-state index in [2.05, 4.69) is 15.8 Å². The van der Waals surface area contributed by atoms with E-state index in [1.54, 1.807) is 18.3 Å². The zero-order valence-corrected chi connectivity index (χ0v) is 13.6. The monoisotopic (exact) mass is 336 g/mol. The van der Waals surface area contributed by atoms with E-state index in [-0.39, 0.29) is 5.75 Å². The van der Waals surface area contributed by atoms with Gasteiger partial charge in [0.25, 0.3) is 0 Å². The van der Waals surface area contributed by atoms with Crippen LogP contribution in [-0.4, -0.2) is 21.0 Å². The number of nitrogens with one attached hydrogen (secondary N) is 2. The van der Waals surface area contributed by atoms with Crippen molar-refractivity contribution in [3.05, 3.63) is 78.6 Å². The fourth-order valence-corrected chi connectivity index (χ4v) is 2.36. The van der Waals surface area contributed by atoms with Gasteiger partial charge in [0.2, 0.25) is 0 Å². The summed E-state index contributed by atoms with van der Waals surface area (Å²) < 4.78 is 1.96. The lowest BCUT2D eigenvalue weighted by atomic mass is 10.3. The Morgan fingerprint density at radius 2 is 1.75 bits per heavy atom. The first-order valence-electron chi connectivity index (χ1n) is 7.34. The van der Waals surface area contributed by atoms with Crippen molar-refractivity contribution in [1.82, 2.24) is 9.99 Å². The molecule has 3 aromatic rings. The standard InChI is InChI=1S/C18H16N4OS/c23-17-10-8-15(9-11-17)22-12-4-7-16(22)13-19-21-18(24)20-14-5-2-1-3-6-14/h1-13,23H,(H2,20,21,24)/b19-13-. The molecule has 0 aliphatic heterocycles. The summed E-state index contributed by atoms with van der Waals surface area (Å²) in [5.41, 5.74) is 5.51. The van der Waals surface area contributed by atoms with Gasteiger partial charge in [-0.2, -0.15) is 5.10 Å². The molecule has 0 unspecified atom stereocenters. The molecule has 0 bridgehead atoms. The molecule has 0 atom stereocenters. The number of phenolic OH excluding ortho intramolecular Hbond substituents is 1. The van der Waals surface area contributed by atoms with Gasteiger partial charge in [0.15, 0.2) is 5.11 Å². The second-order valence-corrected chi connectivity index (χ2v) is 5.42. The largest absolute Gasteiger partial charge is 0.508 e. The molecule has 120 valence electrons. The lowest BCUT2D eigenvalue weighted by molar-refractivity contribution is 0.475. The molecule has 6 heteroatoms. The third-order valence-corrected chi connectivity index (χ3v) is 3.50. The van der Waals surface area contributed by atoms with Gasteiger partial charge in [-0.05, 0) is 60.7 Å². The van der Waals surface area contributed by atoms with Gasteiger partial charge in [-0.25, -0.2) is 0 Å². The zero-order chi connectivity index (χ0) is 16.8. The molecule has 3 rings (SSSR count). The quantitative estimate of drug-likeness (QED) is 0.388. The van der Waals surface area contributed by atoms with E-state index < -0.39 is 0 Å². The summed E-state index contributed by atoms with van der Waals surface area (Å²) in [6, 6.07) is 20.5. The minimum Gasteiger partial charge on any atom is -0.508 e. The molecule has 3 N–H and O–H groups in total. The van der Waals surface area contributed by atoms with E-state index in [4.69, 9.17) is 12.2 Å². The lowest BCUT2D eigenvalue weighted by Gasteiger charge is -2.07. The number of thiocarbonyl (C=S) groups is 1. The molecule has 5 nitrogen and oxygen atoms in total. The van der Waals surface area contributed by atoms with Gasteiger partial charge in [-0.15, -0.1) is 0 Å². The number of para-hydroxylation sites is 1. The summed E-state index contributed by atoms with van der Waals surface area (Å²) in [5.74, 6) is 0.236. The number of benzene rings is 2. The molecule has 24 heavy (non-hydrogen) atoms. The molecule has 1 heterocycles. The summed E-state index contributed by atoms with van der Waals surface area (Å²) in [5, 5.41) is 17.0. The Bertz CT molecular complexity index is 841. The molecule has 0 saturated heterocycles. The second kappa shape index (κ2) is 7.43. The molecule has 0 aliphatic carbocycles. The minimum absolute atomic E-state index is 0.236. The Morgan fingerprint density at radius 3 is 2.50 bits per heavy atom. The Kier molecular flexibility index (Phi) is 4.88. The average molecular weight is 336 g/mol. The maximum Gasteiger partial charge on any atom is 0.191 e. The molecule has 0 amide bonds. The van der Waals surface area contributed by atoms with Gasteiger partial charge >= 0.3 is 0 Å². The highest BCUT2D eigenvalue weighted by Gasteiger charge is 2.01. The Hall–Kier alpha value is -3.12. The van der Waals surface area contributed by atoms with Crippen molar-refractivity contribution in [3.8, 4) is 11.4 Å². The summed E-state index contributed by atoms with van der Waals surface area (Å²) >= 11 is 5.20. The molecule has 2 aromatic carbocycles. The number of hydrogen-bond acceptors (Lipinski definition) is 3. The number of rotatable bonds is 4. The van der Waals surface area contributed by atoms with Gasteiger partial charge in [0, 0.05) is 17.6 Å². The van der Waals surface area contributed by atoms with Crippen LogP contribution in [0.5, 0.6) is 5.75 Å². The Labute approximate surface area is 145 Å². The first kappa shape index (κ1) is 15.8. The highest BCUT2D eigenvalue weighted by Crippen LogP contribution is 2.15. The van der Waals surface area contributed by atoms with Crippen molar-refractivity contribution in [1.29, 1.82) is 0 Å². The number of aromatic nitrogens is 1. The summed E-state index contributed by atoms with van der Waals surface area (Å²) in [4.78, 5) is 0. The van der Waals surface area contributed by atoms with Crippen LogP contribution in [0.2, 0.25) is 0 Å². The minimum atomic E-state index is 0.236. The highest BCUT2D eigenvalue weighted by molar-refractivity contribution is 7.80. The molecule has 0 radical (unpaired) electrons. The first-order valence-corrected chi connectivity index (χ1v) is 7.75. The van der Waals surface area contributed by atoms with E-state index in [0.29, 0.717) is 5.11 Å². The highest BCUT2D eigenvalue weighted by atomic mass is 32.1. The van der Waals surface area contributed by atoms with Crippen LogP contribution in [0.1, 0.15) is 5.69 Å². The zero-order valence-electron chi connectivity index (χ0n) is 12.8. The van der Waals surface area contributed by atoms with Crippen LogP contribution >= 0.6 is 12.2 Å². The van der Waals surface area contributed by atoms with E-state index in [1.807, 2.05) is 65.4 Å². The third-order valence-electron chi connectivity index (χ3n) is 3.30. The number of hydrogen-bond donors (Lipinski definition) is 3. The summed E-state index contributed by atoms with van der Waals surface area (Å²) in [6.07, 6.45) is 3.61. The number of phenols is 1. The van der Waals surface area contributed by atoms with E-state index in [9.17, 15) is 5.11 Å². The van der Waals surface area contributed by atoms with Crippen molar-refractivity contribution < 1.29 is 5.11 Å². The van der Waals surface area contributed by atoms with Crippen LogP contribution in [0.4, 0.5) is 5.69 Å². The second-order valence-electron chi connectivity index (χ2n) is 5.01. The Morgan fingerprint density at radius 1 is 1.00 bits per heavy atom. The fraction of sp³-hybridized carbons (Fsp3) is 0. The maximum absolute atomic E-state index is 9.38. The molecular formula is C18H16N4OS. The van der Waals surface area contributed by atoms with Crippen molar-refractivity contribution in [2.24, 2.45) is 5.10 Å². The van der Waals surface area contributed by atoms with Crippen molar-refractivity contribution in [2.45, 2.75) is 0 Å². The van der Waals surface area contributed by atoms with Crippen LogP contribution in [0.25, 0.3) is 5.69 Å². The van der Waals surface area contributed by atoms with E-state index >= 15 is 0 Å². The van der Waals surface area contributed by atoms with Gasteiger partial charge in [-0.1, -0.05) is 18.2 Å². The topological polar surface area (TPSA) is 61.6 Å². The van der Waals surface area contributed by atoms with Crippen molar-refractivity contribution in [3.63, 3.8) is 0 Å². The number of hydrazone groups is 1. The molecule has 0 spiro atoms. The summed E-state index contributed by atoms with van der Waals surface area (Å²) in [6.45, 7) is 0. The van der Waals surface area contributed by atoms with Gasteiger partial charge in [-0.3, -0.25) is 5.43 Å². The SMILES string of the molecule is Oc1ccc(-n2cccc2/C=N\NC(=S)Nc2ccccc2)cc1. The van der Waals surface area contributed by atoms with Crippen molar-refractivity contribution >= 4 is 29.2 Å². The fourth-order valence-electron chi connectivity index (χ4n) is 2.19.